The minimum atomic E-state index is -0.783. The molecule has 0 spiro atoms. The first-order valence-corrected chi connectivity index (χ1v) is 17.4. The predicted molar refractivity (Wildman–Crippen MR) is 187 cm³/mol. The Morgan fingerprint density at radius 1 is 0.604 bits per heavy atom. The lowest BCUT2D eigenvalue weighted by atomic mass is 10.0. The molecule has 0 aliphatic heterocycles. The van der Waals surface area contributed by atoms with Gasteiger partial charge < -0.3 is 24.9 Å². The zero-order chi connectivity index (χ0) is 34.8. The number of Topliss-reactive ketones (excluding diaryl/α,β-unsaturated/α-hetero) is 1. The lowest BCUT2D eigenvalue weighted by Gasteiger charge is -2.18. The minimum Gasteiger partial charge on any atom is -0.464 e. The number of ether oxygens (including phenoxy) is 2. The highest BCUT2D eigenvalue weighted by atomic mass is 16.5. The fraction of sp³-hybridized carbons (Fsp3) is 0.513. The molecule has 0 radical (unpaired) electrons. The highest BCUT2D eigenvalue weighted by Crippen LogP contribution is 2.11. The van der Waals surface area contributed by atoms with Gasteiger partial charge in [-0.3, -0.25) is 9.59 Å². The lowest BCUT2D eigenvalue weighted by Crippen LogP contribution is -2.43. The van der Waals surface area contributed by atoms with Gasteiger partial charge in [0.2, 0.25) is 11.8 Å². The number of nitrogens with one attached hydrogen (secondary N) is 2. The van der Waals surface area contributed by atoms with E-state index >= 15 is 0 Å². The van der Waals surface area contributed by atoms with E-state index in [1.54, 1.807) is 19.9 Å². The summed E-state index contributed by atoms with van der Waals surface area (Å²) in [6, 6.07) is 17.5. The molecule has 2 N–H and O–H groups in total. The van der Waals surface area contributed by atoms with Crippen LogP contribution in [0.2, 0.25) is 0 Å². The highest BCUT2D eigenvalue weighted by molar-refractivity contribution is 5.91. The molecule has 9 nitrogen and oxygen atoms in total. The van der Waals surface area contributed by atoms with E-state index < -0.39 is 24.0 Å². The number of rotatable bonds is 25. The van der Waals surface area contributed by atoms with E-state index in [0.717, 1.165) is 62.5 Å². The van der Waals surface area contributed by atoms with Crippen molar-refractivity contribution < 1.29 is 33.4 Å². The topological polar surface area (TPSA) is 128 Å². The van der Waals surface area contributed by atoms with Crippen LogP contribution in [0.5, 0.6) is 0 Å². The number of ketones is 1. The van der Waals surface area contributed by atoms with Crippen molar-refractivity contribution in [3.8, 4) is 0 Å². The van der Waals surface area contributed by atoms with Gasteiger partial charge in [0.15, 0.2) is 0 Å². The number of amides is 2. The van der Waals surface area contributed by atoms with Gasteiger partial charge in [-0.15, -0.1) is 0 Å². The van der Waals surface area contributed by atoms with Crippen LogP contribution in [0.4, 0.5) is 0 Å². The molecule has 262 valence electrons. The summed E-state index contributed by atoms with van der Waals surface area (Å²) in [6.45, 7) is 3.82. The van der Waals surface area contributed by atoms with Crippen LogP contribution < -0.4 is 10.6 Å². The van der Waals surface area contributed by atoms with Gasteiger partial charge in [-0.1, -0.05) is 92.4 Å². The van der Waals surface area contributed by atoms with Crippen LogP contribution in [0.25, 0.3) is 0 Å². The Hall–Kier alpha value is -4.27. The Kier molecular flexibility index (Phi) is 20.7. The molecule has 2 rings (SSSR count). The van der Waals surface area contributed by atoms with Crippen molar-refractivity contribution in [3.05, 3.63) is 83.9 Å². The average molecular weight is 663 g/mol. The van der Waals surface area contributed by atoms with Crippen molar-refractivity contribution in [2.45, 2.75) is 116 Å². The third-order valence-corrected chi connectivity index (χ3v) is 7.81. The molecule has 2 atom stereocenters. The molecule has 0 aliphatic rings. The molecular weight excluding hydrogens is 608 g/mol. The van der Waals surface area contributed by atoms with E-state index in [9.17, 15) is 24.0 Å². The number of hydrogen-bond donors (Lipinski definition) is 2. The Bertz CT molecular complexity index is 1260. The quantitative estimate of drug-likeness (QED) is 0.0718. The van der Waals surface area contributed by atoms with Gasteiger partial charge in [-0.05, 0) is 69.6 Å². The van der Waals surface area contributed by atoms with E-state index in [1.165, 1.54) is 6.08 Å². The molecule has 0 saturated carbocycles. The van der Waals surface area contributed by atoms with E-state index in [2.05, 4.69) is 10.6 Å². The van der Waals surface area contributed by atoms with Crippen LogP contribution in [-0.2, 0) is 46.3 Å². The fourth-order valence-electron chi connectivity index (χ4n) is 5.19. The molecule has 9 heteroatoms. The van der Waals surface area contributed by atoms with Gasteiger partial charge in [0.1, 0.15) is 17.9 Å². The zero-order valence-electron chi connectivity index (χ0n) is 28.8. The van der Waals surface area contributed by atoms with E-state index in [-0.39, 0.29) is 30.8 Å². The van der Waals surface area contributed by atoms with Crippen LogP contribution in [-0.4, -0.2) is 54.8 Å². The zero-order valence-corrected chi connectivity index (χ0v) is 28.8. The molecule has 0 saturated heterocycles. The normalized spacial score (nSPS) is 12.2. The first-order valence-electron chi connectivity index (χ1n) is 17.4. The van der Waals surface area contributed by atoms with E-state index in [1.807, 2.05) is 60.7 Å². The second-order valence-electron chi connectivity index (χ2n) is 12.1. The first-order chi connectivity index (χ1) is 23.3. The Morgan fingerprint density at radius 2 is 1.04 bits per heavy atom. The van der Waals surface area contributed by atoms with Crippen molar-refractivity contribution in [1.29, 1.82) is 0 Å². The molecule has 0 aliphatic carbocycles. The number of benzene rings is 2. The van der Waals surface area contributed by atoms with Crippen molar-refractivity contribution in [3.63, 3.8) is 0 Å². The SMILES string of the molecule is C/C=C/C(=O)NC(Cc1ccccc1)C(=O)OCCCCCCOC(=O)C(Cc1ccccc1)NC(=O)CCCCCCCCC(C)=O. The summed E-state index contributed by atoms with van der Waals surface area (Å²) >= 11 is 0. The van der Waals surface area contributed by atoms with Gasteiger partial charge in [-0.2, -0.15) is 0 Å². The second kappa shape index (κ2) is 24.8. The van der Waals surface area contributed by atoms with Gasteiger partial charge >= 0.3 is 11.9 Å². The van der Waals surface area contributed by atoms with Crippen LogP contribution in [0.3, 0.4) is 0 Å². The Morgan fingerprint density at radius 3 is 1.52 bits per heavy atom. The Balaban J connectivity index is 1.69. The van der Waals surface area contributed by atoms with Crippen LogP contribution in [0.1, 0.15) is 102 Å². The van der Waals surface area contributed by atoms with Crippen molar-refractivity contribution >= 4 is 29.5 Å². The number of carbonyl (C=O) groups excluding carboxylic acids is 5. The summed E-state index contributed by atoms with van der Waals surface area (Å²) in [5, 5.41) is 5.60. The summed E-state index contributed by atoms with van der Waals surface area (Å²) in [5.74, 6) is -1.20. The summed E-state index contributed by atoms with van der Waals surface area (Å²) in [6.07, 6.45) is 13.2. The molecule has 0 heterocycles. The number of unbranched alkanes of at least 4 members (excludes halogenated alkanes) is 8. The third kappa shape index (κ3) is 18.8. The average Bonchev–Trinajstić information content (AvgIpc) is 3.07. The summed E-state index contributed by atoms with van der Waals surface area (Å²) in [4.78, 5) is 61.5. The van der Waals surface area contributed by atoms with Gasteiger partial charge in [0, 0.05) is 25.7 Å². The van der Waals surface area contributed by atoms with E-state index in [0.29, 0.717) is 38.5 Å². The van der Waals surface area contributed by atoms with Gasteiger partial charge in [-0.25, -0.2) is 9.59 Å². The molecule has 2 aromatic rings. The maximum atomic E-state index is 13.0. The smallest absolute Gasteiger partial charge is 0.328 e. The number of allylic oxidation sites excluding steroid dienone is 1. The summed E-state index contributed by atoms with van der Waals surface area (Å²) < 4.78 is 11.0. The molecule has 2 unspecified atom stereocenters. The van der Waals surface area contributed by atoms with Crippen molar-refractivity contribution in [2.24, 2.45) is 0 Å². The van der Waals surface area contributed by atoms with Crippen molar-refractivity contribution in [1.82, 2.24) is 10.6 Å². The number of hydrogen-bond acceptors (Lipinski definition) is 7. The van der Waals surface area contributed by atoms with Gasteiger partial charge in [0.25, 0.3) is 0 Å². The number of esters is 2. The monoisotopic (exact) mass is 662 g/mol. The third-order valence-electron chi connectivity index (χ3n) is 7.81. The molecule has 2 aromatic carbocycles. The van der Waals surface area contributed by atoms with E-state index in [4.69, 9.17) is 9.47 Å². The lowest BCUT2D eigenvalue weighted by molar-refractivity contribution is -0.148. The Labute approximate surface area is 286 Å². The van der Waals surface area contributed by atoms with Crippen LogP contribution >= 0.6 is 0 Å². The standard InChI is InChI=1S/C39H54N2O7/c1-3-20-36(43)40-34(29-32-22-13-10-14-23-32)38(45)47-27-18-8-9-19-28-48-39(46)35(30-33-24-15-11-16-25-33)41-37(44)26-17-7-5-4-6-12-21-31(2)42/h3,10-11,13-16,20,22-25,34-35H,4-9,12,17-19,21,26-30H2,1-2H3,(H,40,43)(H,41,44)/b20-3+. The highest BCUT2D eigenvalue weighted by Gasteiger charge is 2.23. The molecule has 0 fully saturated rings. The summed E-state index contributed by atoms with van der Waals surface area (Å²) in [5.41, 5.74) is 1.86. The van der Waals surface area contributed by atoms with Crippen LogP contribution in [0.15, 0.2) is 72.8 Å². The molecule has 48 heavy (non-hydrogen) atoms. The molecular formula is C39H54N2O7. The summed E-state index contributed by atoms with van der Waals surface area (Å²) in [7, 11) is 0. The predicted octanol–water partition coefficient (Wildman–Crippen LogP) is 6.37. The fourth-order valence-corrected chi connectivity index (χ4v) is 5.19. The number of carbonyl (C=O) groups is 5. The largest absolute Gasteiger partial charge is 0.464 e. The second-order valence-corrected chi connectivity index (χ2v) is 12.1. The molecule has 0 aromatic heterocycles. The molecule has 0 bridgehead atoms. The van der Waals surface area contributed by atoms with Crippen molar-refractivity contribution in [2.75, 3.05) is 13.2 Å². The first kappa shape index (κ1) is 39.9. The van der Waals surface area contributed by atoms with Gasteiger partial charge in [0.05, 0.1) is 13.2 Å². The maximum Gasteiger partial charge on any atom is 0.328 e. The van der Waals surface area contributed by atoms with Crippen LogP contribution in [0, 0.1) is 0 Å². The minimum absolute atomic E-state index is 0.161. The molecule has 2 amide bonds. The maximum absolute atomic E-state index is 13.0.